The third-order valence-electron chi connectivity index (χ3n) is 3.40. The standard InChI is InChI=1S/C15H26N2O3S/c1-6-17(12(2)11-16(4)5)21(19,20)15-9-7-14(8-10-15)13(3)18/h7-10,12-13,18H,6,11H2,1-5H3. The zero-order chi connectivity index (χ0) is 16.2. The van der Waals surface area contributed by atoms with Gasteiger partial charge in [-0.2, -0.15) is 4.31 Å². The van der Waals surface area contributed by atoms with E-state index in [2.05, 4.69) is 0 Å². The van der Waals surface area contributed by atoms with Crippen LogP contribution in [0.2, 0.25) is 0 Å². The third kappa shape index (κ3) is 4.51. The Morgan fingerprint density at radius 2 is 1.67 bits per heavy atom. The van der Waals surface area contributed by atoms with Gasteiger partial charge in [0.1, 0.15) is 0 Å². The average Bonchev–Trinajstić information content (AvgIpc) is 2.38. The van der Waals surface area contributed by atoms with Gasteiger partial charge in [0.25, 0.3) is 0 Å². The van der Waals surface area contributed by atoms with Crippen molar-refractivity contribution in [3.05, 3.63) is 29.8 Å². The minimum Gasteiger partial charge on any atom is -0.389 e. The summed E-state index contributed by atoms with van der Waals surface area (Å²) in [6.45, 7) is 6.49. The van der Waals surface area contributed by atoms with Crippen molar-refractivity contribution in [3.63, 3.8) is 0 Å². The van der Waals surface area contributed by atoms with E-state index in [-0.39, 0.29) is 10.9 Å². The molecule has 0 saturated carbocycles. The second kappa shape index (κ2) is 7.35. The summed E-state index contributed by atoms with van der Waals surface area (Å²) in [5, 5.41) is 9.49. The van der Waals surface area contributed by atoms with Gasteiger partial charge in [0.15, 0.2) is 0 Å². The molecule has 0 radical (unpaired) electrons. The molecular weight excluding hydrogens is 288 g/mol. The Labute approximate surface area is 128 Å². The lowest BCUT2D eigenvalue weighted by Crippen LogP contribution is -2.43. The molecule has 0 aliphatic heterocycles. The first-order chi connectivity index (χ1) is 9.70. The lowest BCUT2D eigenvalue weighted by Gasteiger charge is -2.29. The molecule has 1 aromatic carbocycles. The SMILES string of the molecule is CCN(C(C)CN(C)C)S(=O)(=O)c1ccc(C(C)O)cc1. The molecule has 5 nitrogen and oxygen atoms in total. The fourth-order valence-electron chi connectivity index (χ4n) is 2.39. The lowest BCUT2D eigenvalue weighted by molar-refractivity contribution is 0.199. The summed E-state index contributed by atoms with van der Waals surface area (Å²) < 4.78 is 26.9. The number of rotatable bonds is 7. The minimum absolute atomic E-state index is 0.105. The fourth-order valence-corrected chi connectivity index (χ4v) is 4.02. The van der Waals surface area contributed by atoms with Crippen molar-refractivity contribution in [2.24, 2.45) is 0 Å². The molecule has 1 N–H and O–H groups in total. The number of aliphatic hydroxyl groups is 1. The summed E-state index contributed by atoms with van der Waals surface area (Å²) in [5.41, 5.74) is 0.707. The van der Waals surface area contributed by atoms with Gasteiger partial charge in [-0.25, -0.2) is 8.42 Å². The van der Waals surface area contributed by atoms with Crippen LogP contribution in [0.25, 0.3) is 0 Å². The molecule has 0 spiro atoms. The van der Waals surface area contributed by atoms with Crippen LogP contribution in [0.1, 0.15) is 32.4 Å². The van der Waals surface area contributed by atoms with Gasteiger partial charge in [-0.1, -0.05) is 19.1 Å². The molecule has 120 valence electrons. The van der Waals surface area contributed by atoms with Crippen LogP contribution in [0.3, 0.4) is 0 Å². The number of hydrogen-bond acceptors (Lipinski definition) is 4. The molecule has 21 heavy (non-hydrogen) atoms. The Kier molecular flexibility index (Phi) is 6.34. The van der Waals surface area contributed by atoms with Gasteiger partial charge in [-0.05, 0) is 45.6 Å². The van der Waals surface area contributed by atoms with Gasteiger partial charge in [0.05, 0.1) is 11.0 Å². The smallest absolute Gasteiger partial charge is 0.243 e. The Balaban J connectivity index is 3.06. The van der Waals surface area contributed by atoms with E-state index in [1.54, 1.807) is 31.2 Å². The lowest BCUT2D eigenvalue weighted by atomic mass is 10.1. The first kappa shape index (κ1) is 18.1. The van der Waals surface area contributed by atoms with Crippen molar-refractivity contribution in [1.29, 1.82) is 0 Å². The van der Waals surface area contributed by atoms with Crippen LogP contribution in [0, 0.1) is 0 Å². The van der Waals surface area contributed by atoms with Crippen LogP contribution in [0.5, 0.6) is 0 Å². The van der Waals surface area contributed by atoms with Crippen LogP contribution >= 0.6 is 0 Å². The highest BCUT2D eigenvalue weighted by atomic mass is 32.2. The van der Waals surface area contributed by atoms with E-state index in [9.17, 15) is 13.5 Å². The van der Waals surface area contributed by atoms with Crippen LogP contribution in [0.15, 0.2) is 29.2 Å². The number of likely N-dealkylation sites (N-methyl/N-ethyl adjacent to an activating group) is 2. The summed E-state index contributed by atoms with van der Waals surface area (Å²) >= 11 is 0. The van der Waals surface area contributed by atoms with Crippen molar-refractivity contribution in [1.82, 2.24) is 9.21 Å². The largest absolute Gasteiger partial charge is 0.389 e. The molecule has 2 atom stereocenters. The molecule has 0 aliphatic rings. The maximum atomic E-state index is 12.7. The molecule has 2 unspecified atom stereocenters. The molecule has 1 aromatic rings. The normalized spacial score (nSPS) is 15.4. The third-order valence-corrected chi connectivity index (χ3v) is 5.51. The molecule has 0 fully saturated rings. The second-order valence-corrected chi connectivity index (χ2v) is 7.46. The van der Waals surface area contributed by atoms with E-state index < -0.39 is 16.1 Å². The van der Waals surface area contributed by atoms with Crippen molar-refractivity contribution in [3.8, 4) is 0 Å². The van der Waals surface area contributed by atoms with Crippen molar-refractivity contribution in [2.75, 3.05) is 27.2 Å². The monoisotopic (exact) mass is 314 g/mol. The number of benzene rings is 1. The van der Waals surface area contributed by atoms with Crippen molar-refractivity contribution >= 4 is 10.0 Å². The molecule has 0 aromatic heterocycles. The van der Waals surface area contributed by atoms with E-state index in [0.29, 0.717) is 18.7 Å². The van der Waals surface area contributed by atoms with Crippen LogP contribution in [-0.4, -0.2) is 56.0 Å². The average molecular weight is 314 g/mol. The molecule has 6 heteroatoms. The maximum absolute atomic E-state index is 12.7. The number of nitrogens with zero attached hydrogens (tertiary/aromatic N) is 2. The zero-order valence-electron chi connectivity index (χ0n) is 13.4. The molecule has 0 bridgehead atoms. The molecule has 0 amide bonds. The molecular formula is C15H26N2O3S. The van der Waals surface area contributed by atoms with Crippen LogP contribution in [0.4, 0.5) is 0 Å². The highest BCUT2D eigenvalue weighted by Gasteiger charge is 2.27. The number of sulfonamides is 1. The van der Waals surface area contributed by atoms with Crippen molar-refractivity contribution in [2.45, 2.75) is 37.8 Å². The maximum Gasteiger partial charge on any atom is 0.243 e. The topological polar surface area (TPSA) is 60.9 Å². The molecule has 0 heterocycles. The Hall–Kier alpha value is -0.950. The molecule has 1 rings (SSSR count). The summed E-state index contributed by atoms with van der Waals surface area (Å²) in [6, 6.07) is 6.32. The van der Waals surface area contributed by atoms with Gasteiger partial charge in [0.2, 0.25) is 10.0 Å². The molecule has 0 saturated heterocycles. The van der Waals surface area contributed by atoms with E-state index in [4.69, 9.17) is 0 Å². The Morgan fingerprint density at radius 1 is 1.14 bits per heavy atom. The predicted octanol–water partition coefficient (Wildman–Crippen LogP) is 1.70. The van der Waals surface area contributed by atoms with Crippen LogP contribution in [-0.2, 0) is 10.0 Å². The number of aliphatic hydroxyl groups excluding tert-OH is 1. The highest BCUT2D eigenvalue weighted by molar-refractivity contribution is 7.89. The van der Waals surface area contributed by atoms with E-state index in [1.165, 1.54) is 4.31 Å². The molecule has 0 aliphatic carbocycles. The van der Waals surface area contributed by atoms with Gasteiger partial charge in [0, 0.05) is 19.1 Å². The minimum atomic E-state index is -3.51. The summed E-state index contributed by atoms with van der Waals surface area (Å²) in [6.07, 6.45) is -0.600. The van der Waals surface area contributed by atoms with Crippen LogP contribution < -0.4 is 0 Å². The number of hydrogen-bond donors (Lipinski definition) is 1. The van der Waals surface area contributed by atoms with E-state index in [0.717, 1.165) is 0 Å². The summed E-state index contributed by atoms with van der Waals surface area (Å²) in [4.78, 5) is 2.23. The first-order valence-electron chi connectivity index (χ1n) is 7.14. The Bertz CT molecular complexity index is 539. The van der Waals surface area contributed by atoms with Gasteiger partial charge in [-0.15, -0.1) is 0 Å². The first-order valence-corrected chi connectivity index (χ1v) is 8.58. The fraction of sp³-hybridized carbons (Fsp3) is 0.600. The Morgan fingerprint density at radius 3 is 2.05 bits per heavy atom. The van der Waals surface area contributed by atoms with Gasteiger partial charge < -0.3 is 10.0 Å². The predicted molar refractivity (Wildman–Crippen MR) is 84.7 cm³/mol. The zero-order valence-corrected chi connectivity index (χ0v) is 14.3. The van der Waals surface area contributed by atoms with Gasteiger partial charge >= 0.3 is 0 Å². The summed E-state index contributed by atoms with van der Waals surface area (Å²) in [5.74, 6) is 0. The van der Waals surface area contributed by atoms with Gasteiger partial charge in [-0.3, -0.25) is 0 Å². The second-order valence-electron chi connectivity index (χ2n) is 5.56. The quantitative estimate of drug-likeness (QED) is 0.832. The van der Waals surface area contributed by atoms with E-state index >= 15 is 0 Å². The van der Waals surface area contributed by atoms with E-state index in [1.807, 2.05) is 32.8 Å². The van der Waals surface area contributed by atoms with Crippen molar-refractivity contribution < 1.29 is 13.5 Å². The highest BCUT2D eigenvalue weighted by Crippen LogP contribution is 2.21. The summed E-state index contributed by atoms with van der Waals surface area (Å²) in [7, 11) is 0.337.